The van der Waals surface area contributed by atoms with Gasteiger partial charge in [0.25, 0.3) is 5.76 Å². The monoisotopic (exact) mass is 201 g/mol. The van der Waals surface area contributed by atoms with Crippen LogP contribution in [-0.2, 0) is 0 Å². The van der Waals surface area contributed by atoms with E-state index in [1.165, 1.54) is 0 Å². The van der Waals surface area contributed by atoms with Gasteiger partial charge < -0.3 is 4.74 Å². The quantitative estimate of drug-likeness (QED) is 0.707. The van der Waals surface area contributed by atoms with Crippen molar-refractivity contribution in [2.24, 2.45) is 0 Å². The fraction of sp³-hybridized carbons (Fsp3) is 0.154. The number of benzene rings is 1. The van der Waals surface area contributed by atoms with E-state index in [1.807, 2.05) is 55.5 Å². The smallest absolute Gasteiger partial charge is 0.318 e. The van der Waals surface area contributed by atoms with Gasteiger partial charge in [-0.25, -0.2) is 0 Å². The zero-order valence-corrected chi connectivity index (χ0v) is 8.64. The SMILES string of the molecule is CCOc1cccc(-c2ccccc2)[o+]1. The molecule has 0 aliphatic heterocycles. The van der Waals surface area contributed by atoms with Crippen LogP contribution in [0.5, 0.6) is 5.95 Å². The molecule has 2 nitrogen and oxygen atoms in total. The largest absolute Gasteiger partial charge is 0.518 e. The molecule has 0 N–H and O–H groups in total. The highest BCUT2D eigenvalue weighted by atomic mass is 16.6. The summed E-state index contributed by atoms with van der Waals surface area (Å²) in [5.41, 5.74) is 1.05. The Morgan fingerprint density at radius 3 is 2.53 bits per heavy atom. The van der Waals surface area contributed by atoms with Crippen LogP contribution in [0.15, 0.2) is 52.9 Å². The van der Waals surface area contributed by atoms with Crippen molar-refractivity contribution in [3.8, 4) is 17.3 Å². The first-order valence-electron chi connectivity index (χ1n) is 5.01. The maximum absolute atomic E-state index is 5.58. The van der Waals surface area contributed by atoms with Crippen LogP contribution in [0.4, 0.5) is 0 Å². The standard InChI is InChI=1S/C13H13O2/c1-2-14-13-10-6-9-12(15-13)11-7-4-3-5-8-11/h3-10H,2H2,1H3/q+1. The van der Waals surface area contributed by atoms with Crippen LogP contribution in [0.2, 0.25) is 0 Å². The van der Waals surface area contributed by atoms with Crippen molar-refractivity contribution >= 4 is 0 Å². The maximum atomic E-state index is 5.58. The first-order chi connectivity index (χ1) is 7.40. The van der Waals surface area contributed by atoms with E-state index in [1.54, 1.807) is 0 Å². The zero-order chi connectivity index (χ0) is 10.5. The Morgan fingerprint density at radius 2 is 1.80 bits per heavy atom. The van der Waals surface area contributed by atoms with E-state index in [9.17, 15) is 0 Å². The Bertz CT molecular complexity index is 424. The van der Waals surface area contributed by atoms with Crippen LogP contribution in [0.3, 0.4) is 0 Å². The number of hydrogen-bond acceptors (Lipinski definition) is 1. The van der Waals surface area contributed by atoms with E-state index in [0.29, 0.717) is 12.6 Å². The summed E-state index contributed by atoms with van der Waals surface area (Å²) in [6, 6.07) is 15.6. The molecule has 0 saturated carbocycles. The van der Waals surface area contributed by atoms with Crippen LogP contribution < -0.4 is 4.74 Å². The molecule has 1 aromatic carbocycles. The molecule has 0 unspecified atom stereocenters. The summed E-state index contributed by atoms with van der Waals surface area (Å²) in [4.78, 5) is 0. The van der Waals surface area contributed by atoms with Crippen molar-refractivity contribution in [2.75, 3.05) is 6.61 Å². The molecule has 2 heteroatoms. The average molecular weight is 201 g/mol. The molecule has 1 aromatic heterocycles. The van der Waals surface area contributed by atoms with E-state index in [4.69, 9.17) is 9.15 Å². The van der Waals surface area contributed by atoms with Gasteiger partial charge in [-0.3, -0.25) is 4.42 Å². The Morgan fingerprint density at radius 1 is 1.00 bits per heavy atom. The predicted molar refractivity (Wildman–Crippen MR) is 59.7 cm³/mol. The highest BCUT2D eigenvalue weighted by molar-refractivity contribution is 5.56. The zero-order valence-electron chi connectivity index (χ0n) is 8.64. The first-order valence-corrected chi connectivity index (χ1v) is 5.01. The third-order valence-electron chi connectivity index (χ3n) is 2.04. The maximum Gasteiger partial charge on any atom is 0.518 e. The van der Waals surface area contributed by atoms with Gasteiger partial charge >= 0.3 is 5.95 Å². The molecule has 0 atom stereocenters. The summed E-state index contributed by atoms with van der Waals surface area (Å²) in [6.07, 6.45) is 0. The highest BCUT2D eigenvalue weighted by Crippen LogP contribution is 2.23. The predicted octanol–water partition coefficient (Wildman–Crippen LogP) is 3.63. The Hall–Kier alpha value is -1.83. The second-order valence-corrected chi connectivity index (χ2v) is 3.11. The number of rotatable bonds is 3. The lowest BCUT2D eigenvalue weighted by atomic mass is 10.2. The molecule has 0 fully saturated rings. The normalized spacial score (nSPS) is 9.93. The van der Waals surface area contributed by atoms with Gasteiger partial charge in [-0.15, -0.1) is 0 Å². The van der Waals surface area contributed by atoms with Crippen molar-refractivity contribution < 1.29 is 9.15 Å². The molecule has 0 aliphatic carbocycles. The molecule has 2 rings (SSSR count). The summed E-state index contributed by atoms with van der Waals surface area (Å²) < 4.78 is 10.9. The van der Waals surface area contributed by atoms with Crippen molar-refractivity contribution in [1.82, 2.24) is 0 Å². The molecular weight excluding hydrogens is 188 g/mol. The summed E-state index contributed by atoms with van der Waals surface area (Å²) in [5, 5.41) is 0. The molecule has 15 heavy (non-hydrogen) atoms. The molecule has 0 saturated heterocycles. The fourth-order valence-electron chi connectivity index (χ4n) is 1.37. The van der Waals surface area contributed by atoms with Crippen LogP contribution >= 0.6 is 0 Å². The van der Waals surface area contributed by atoms with Crippen molar-refractivity contribution in [1.29, 1.82) is 0 Å². The summed E-state index contributed by atoms with van der Waals surface area (Å²) in [5.74, 6) is 1.38. The van der Waals surface area contributed by atoms with E-state index >= 15 is 0 Å². The molecular formula is C13H13O2+. The van der Waals surface area contributed by atoms with Gasteiger partial charge in [0, 0.05) is 11.6 Å². The highest BCUT2D eigenvalue weighted by Gasteiger charge is 2.11. The number of ether oxygens (including phenoxy) is 1. The second-order valence-electron chi connectivity index (χ2n) is 3.11. The van der Waals surface area contributed by atoms with Crippen LogP contribution in [-0.4, -0.2) is 6.61 Å². The molecule has 2 aromatic rings. The fourth-order valence-corrected chi connectivity index (χ4v) is 1.37. The van der Waals surface area contributed by atoms with Crippen molar-refractivity contribution in [2.45, 2.75) is 6.92 Å². The average Bonchev–Trinajstić information content (AvgIpc) is 2.31. The molecule has 0 amide bonds. The second kappa shape index (κ2) is 4.60. The molecule has 0 bridgehead atoms. The lowest BCUT2D eigenvalue weighted by Gasteiger charge is -1.95. The van der Waals surface area contributed by atoms with Crippen LogP contribution in [0, 0.1) is 0 Å². The minimum atomic E-state index is 0.554. The van der Waals surface area contributed by atoms with Crippen LogP contribution in [0.25, 0.3) is 11.3 Å². The van der Waals surface area contributed by atoms with Gasteiger partial charge in [0.05, 0.1) is 6.07 Å². The van der Waals surface area contributed by atoms with E-state index < -0.39 is 0 Å². The van der Waals surface area contributed by atoms with E-state index in [0.717, 1.165) is 11.3 Å². The van der Waals surface area contributed by atoms with Gasteiger partial charge in [0.2, 0.25) is 0 Å². The molecule has 1 heterocycles. The Labute approximate surface area is 89.1 Å². The van der Waals surface area contributed by atoms with Crippen molar-refractivity contribution in [3.05, 3.63) is 48.5 Å². The van der Waals surface area contributed by atoms with Gasteiger partial charge in [-0.05, 0) is 25.1 Å². The van der Waals surface area contributed by atoms with E-state index in [2.05, 4.69) is 0 Å². The summed E-state index contributed by atoms with van der Waals surface area (Å²) >= 11 is 0. The molecule has 0 aliphatic rings. The Kier molecular flexibility index (Phi) is 2.98. The summed E-state index contributed by atoms with van der Waals surface area (Å²) in [7, 11) is 0. The van der Waals surface area contributed by atoms with Crippen molar-refractivity contribution in [3.63, 3.8) is 0 Å². The van der Waals surface area contributed by atoms with Crippen LogP contribution in [0.1, 0.15) is 6.92 Å². The van der Waals surface area contributed by atoms with E-state index in [-0.39, 0.29) is 0 Å². The minimum absolute atomic E-state index is 0.554. The number of hydrogen-bond donors (Lipinski definition) is 0. The topological polar surface area (TPSA) is 20.5 Å². The molecule has 76 valence electrons. The molecule has 0 spiro atoms. The lowest BCUT2D eigenvalue weighted by molar-refractivity contribution is 0.255. The summed E-state index contributed by atoms with van der Waals surface area (Å²) in [6.45, 7) is 2.55. The first kappa shape index (κ1) is 9.71. The minimum Gasteiger partial charge on any atom is -0.318 e. The molecule has 0 radical (unpaired) electrons. The Balaban J connectivity index is 2.33. The van der Waals surface area contributed by atoms with Gasteiger partial charge in [0.1, 0.15) is 0 Å². The van der Waals surface area contributed by atoms with Gasteiger partial charge in [-0.2, -0.15) is 0 Å². The van der Waals surface area contributed by atoms with Gasteiger partial charge in [-0.1, -0.05) is 18.2 Å². The lowest BCUT2D eigenvalue weighted by Crippen LogP contribution is -1.90. The third kappa shape index (κ3) is 2.34. The van der Waals surface area contributed by atoms with Gasteiger partial charge in [0.15, 0.2) is 6.61 Å². The third-order valence-corrected chi connectivity index (χ3v) is 2.04.